The van der Waals surface area contributed by atoms with Crippen LogP contribution in [0.2, 0.25) is 0 Å². The lowest BCUT2D eigenvalue weighted by Gasteiger charge is -2.31. The number of carbonyl (C=O) groups is 1. The van der Waals surface area contributed by atoms with Crippen LogP contribution in [0.4, 0.5) is 4.39 Å². The highest BCUT2D eigenvalue weighted by atomic mass is 79.9. The maximum absolute atomic E-state index is 14.1. The summed E-state index contributed by atoms with van der Waals surface area (Å²) in [5.74, 6) is -2.07. The first kappa shape index (κ1) is 15.4. The topological polar surface area (TPSA) is 40.5 Å². The number of rotatable bonds is 2. The van der Waals surface area contributed by atoms with Gasteiger partial charge in [0.2, 0.25) is 0 Å². The summed E-state index contributed by atoms with van der Waals surface area (Å²) in [7, 11) is 0. The molecule has 1 aromatic carbocycles. The highest BCUT2D eigenvalue weighted by Gasteiger charge is 2.42. The zero-order valence-corrected chi connectivity index (χ0v) is 13.4. The molecule has 0 amide bonds. The molecule has 0 saturated carbocycles. The van der Waals surface area contributed by atoms with E-state index in [0.717, 1.165) is 0 Å². The molecule has 1 heterocycles. The van der Waals surface area contributed by atoms with Gasteiger partial charge >= 0.3 is 5.97 Å². The summed E-state index contributed by atoms with van der Waals surface area (Å²) < 4.78 is 14.8. The molecule has 2 rings (SSSR count). The third-order valence-corrected chi connectivity index (χ3v) is 4.44. The van der Waals surface area contributed by atoms with Gasteiger partial charge in [-0.25, -0.2) is 4.39 Å². The molecule has 0 radical (unpaired) electrons. The third-order valence-electron chi connectivity index (χ3n) is 3.95. The number of nitrogens with zero attached hydrogens (tertiary/aromatic N) is 1. The predicted octanol–water partition coefficient (Wildman–Crippen LogP) is 3.49. The third kappa shape index (κ3) is 3.04. The van der Waals surface area contributed by atoms with Crippen molar-refractivity contribution >= 4 is 21.9 Å². The van der Waals surface area contributed by atoms with Crippen molar-refractivity contribution in [2.75, 3.05) is 13.1 Å². The first-order valence-electron chi connectivity index (χ1n) is 6.63. The Bertz CT molecular complexity index is 527. The Labute approximate surface area is 126 Å². The molecule has 1 aliphatic heterocycles. The predicted molar refractivity (Wildman–Crippen MR) is 79.3 cm³/mol. The molecule has 2 atom stereocenters. The number of aliphatic carboxylic acids is 1. The van der Waals surface area contributed by atoms with Gasteiger partial charge in [-0.2, -0.15) is 0 Å². The first-order valence-corrected chi connectivity index (χ1v) is 7.42. The van der Waals surface area contributed by atoms with Crippen LogP contribution < -0.4 is 0 Å². The van der Waals surface area contributed by atoms with Crippen molar-refractivity contribution in [1.82, 2.24) is 4.90 Å². The van der Waals surface area contributed by atoms with Crippen LogP contribution in [0.1, 0.15) is 32.3 Å². The van der Waals surface area contributed by atoms with Gasteiger partial charge in [0.05, 0.1) is 5.92 Å². The van der Waals surface area contributed by atoms with Gasteiger partial charge in [-0.3, -0.25) is 9.69 Å². The molecule has 5 heteroatoms. The fraction of sp³-hybridized carbons (Fsp3) is 0.533. The number of carboxylic acids is 1. The van der Waals surface area contributed by atoms with E-state index < -0.39 is 11.9 Å². The van der Waals surface area contributed by atoms with E-state index in [1.807, 2.05) is 20.8 Å². The number of likely N-dealkylation sites (tertiary alicyclic amines) is 1. The highest BCUT2D eigenvalue weighted by molar-refractivity contribution is 9.10. The molecule has 110 valence electrons. The molecule has 1 N–H and O–H groups in total. The molecule has 0 spiro atoms. The Kier molecular flexibility index (Phi) is 4.21. The van der Waals surface area contributed by atoms with Crippen LogP contribution in [0, 0.1) is 11.7 Å². The van der Waals surface area contributed by atoms with E-state index in [-0.39, 0.29) is 17.3 Å². The fourth-order valence-corrected chi connectivity index (χ4v) is 3.05. The van der Waals surface area contributed by atoms with E-state index in [4.69, 9.17) is 0 Å². The normalized spacial score (nSPS) is 24.1. The summed E-state index contributed by atoms with van der Waals surface area (Å²) in [6.45, 7) is 7.17. The van der Waals surface area contributed by atoms with Gasteiger partial charge in [0.15, 0.2) is 0 Å². The molecule has 0 aromatic heterocycles. The lowest BCUT2D eigenvalue weighted by molar-refractivity contribution is -0.141. The van der Waals surface area contributed by atoms with Crippen LogP contribution >= 0.6 is 15.9 Å². The Morgan fingerprint density at radius 2 is 2.05 bits per heavy atom. The van der Waals surface area contributed by atoms with Crippen molar-refractivity contribution < 1.29 is 14.3 Å². The maximum atomic E-state index is 14.1. The van der Waals surface area contributed by atoms with Crippen molar-refractivity contribution in [3.63, 3.8) is 0 Å². The summed E-state index contributed by atoms with van der Waals surface area (Å²) in [5.41, 5.74) is 0.376. The lowest BCUT2D eigenvalue weighted by atomic mass is 9.89. The molecule has 0 aliphatic carbocycles. The molecule has 1 aliphatic rings. The second-order valence-electron chi connectivity index (χ2n) is 6.29. The van der Waals surface area contributed by atoms with Gasteiger partial charge in [0.25, 0.3) is 0 Å². The molecule has 20 heavy (non-hydrogen) atoms. The average Bonchev–Trinajstić information content (AvgIpc) is 2.73. The Morgan fingerprint density at radius 1 is 1.40 bits per heavy atom. The largest absolute Gasteiger partial charge is 0.481 e. The molecule has 1 aromatic rings. The van der Waals surface area contributed by atoms with Gasteiger partial charge in [0, 0.05) is 29.0 Å². The zero-order chi connectivity index (χ0) is 15.1. The van der Waals surface area contributed by atoms with Gasteiger partial charge in [-0.05, 0) is 38.5 Å². The minimum absolute atomic E-state index is 0.117. The van der Waals surface area contributed by atoms with Crippen molar-refractivity contribution in [1.29, 1.82) is 0 Å². The summed E-state index contributed by atoms with van der Waals surface area (Å²) >= 11 is 3.23. The number of hydrogen-bond acceptors (Lipinski definition) is 2. The lowest BCUT2D eigenvalue weighted by Crippen LogP contribution is -2.40. The van der Waals surface area contributed by atoms with Crippen molar-refractivity contribution in [3.05, 3.63) is 34.1 Å². The second kappa shape index (κ2) is 5.45. The van der Waals surface area contributed by atoms with E-state index >= 15 is 0 Å². The monoisotopic (exact) mass is 343 g/mol. The first-order chi connectivity index (χ1) is 9.20. The van der Waals surface area contributed by atoms with Crippen LogP contribution in [0.5, 0.6) is 0 Å². The van der Waals surface area contributed by atoms with Crippen LogP contribution in [-0.2, 0) is 4.79 Å². The minimum atomic E-state index is -0.857. The number of benzene rings is 1. The fourth-order valence-electron chi connectivity index (χ4n) is 2.72. The maximum Gasteiger partial charge on any atom is 0.308 e. The Morgan fingerprint density at radius 3 is 2.55 bits per heavy atom. The van der Waals surface area contributed by atoms with Crippen LogP contribution in [0.3, 0.4) is 0 Å². The Balaban J connectivity index is 2.35. The molecule has 3 nitrogen and oxygen atoms in total. The zero-order valence-electron chi connectivity index (χ0n) is 11.9. The molecule has 1 fully saturated rings. The van der Waals surface area contributed by atoms with Gasteiger partial charge in [-0.1, -0.05) is 22.0 Å². The average molecular weight is 344 g/mol. The molecule has 0 unspecified atom stereocenters. The quantitative estimate of drug-likeness (QED) is 0.893. The number of carboxylic acid groups (broad SMARTS) is 1. The van der Waals surface area contributed by atoms with E-state index in [0.29, 0.717) is 23.1 Å². The van der Waals surface area contributed by atoms with Gasteiger partial charge in [-0.15, -0.1) is 0 Å². The van der Waals surface area contributed by atoms with Gasteiger partial charge < -0.3 is 5.11 Å². The smallest absolute Gasteiger partial charge is 0.308 e. The summed E-state index contributed by atoms with van der Waals surface area (Å²) in [6, 6.07) is 4.84. The standard InChI is InChI=1S/C15H19BrFNO2/c1-15(2,3)18-7-11(12(8-18)14(19)20)10-5-4-9(16)6-13(10)17/h4-6,11-12H,7-8H2,1-3H3,(H,19,20)/t11-,12+/m0/s1. The van der Waals surface area contributed by atoms with E-state index in [1.165, 1.54) is 6.07 Å². The van der Waals surface area contributed by atoms with E-state index in [1.54, 1.807) is 12.1 Å². The van der Waals surface area contributed by atoms with Crippen LogP contribution in [0.25, 0.3) is 0 Å². The van der Waals surface area contributed by atoms with E-state index in [9.17, 15) is 14.3 Å². The number of hydrogen-bond donors (Lipinski definition) is 1. The summed E-state index contributed by atoms with van der Waals surface area (Å²) in [6.07, 6.45) is 0. The SMILES string of the molecule is CC(C)(C)N1C[C@@H](C(=O)O)[C@H](c2ccc(Br)cc2F)C1. The van der Waals surface area contributed by atoms with Gasteiger partial charge in [0.1, 0.15) is 5.82 Å². The highest BCUT2D eigenvalue weighted by Crippen LogP contribution is 2.37. The summed E-state index contributed by atoms with van der Waals surface area (Å²) in [4.78, 5) is 13.6. The molecule has 1 saturated heterocycles. The van der Waals surface area contributed by atoms with E-state index in [2.05, 4.69) is 20.8 Å². The number of halogens is 2. The van der Waals surface area contributed by atoms with Crippen molar-refractivity contribution in [2.24, 2.45) is 5.92 Å². The summed E-state index contributed by atoms with van der Waals surface area (Å²) in [5, 5.41) is 9.42. The Hall–Kier alpha value is -0.940. The second-order valence-corrected chi connectivity index (χ2v) is 7.21. The molecule has 0 bridgehead atoms. The minimum Gasteiger partial charge on any atom is -0.481 e. The molecular formula is C15H19BrFNO2. The molecular weight excluding hydrogens is 325 g/mol. The van der Waals surface area contributed by atoms with Crippen molar-refractivity contribution in [3.8, 4) is 0 Å². The van der Waals surface area contributed by atoms with Crippen LogP contribution in [-0.4, -0.2) is 34.6 Å². The van der Waals surface area contributed by atoms with Crippen LogP contribution in [0.15, 0.2) is 22.7 Å². The van der Waals surface area contributed by atoms with Crippen molar-refractivity contribution in [2.45, 2.75) is 32.2 Å².